The van der Waals surface area contributed by atoms with Gasteiger partial charge in [0.2, 0.25) is 5.91 Å². The van der Waals surface area contributed by atoms with Gasteiger partial charge in [0.1, 0.15) is 11.6 Å². The quantitative estimate of drug-likeness (QED) is 0.908. The largest absolute Gasteiger partial charge is 0.351 e. The number of pyridine rings is 1. The van der Waals surface area contributed by atoms with Gasteiger partial charge in [-0.05, 0) is 37.6 Å². The normalized spacial score (nSPS) is 17.8. The highest BCUT2D eigenvalue weighted by molar-refractivity contribution is 5.72. The number of amides is 1. The number of nitrogens with zero attached hydrogens (tertiary/aromatic N) is 4. The average Bonchev–Trinajstić information content (AvgIpc) is 3.03. The Kier molecular flexibility index (Phi) is 5.10. The van der Waals surface area contributed by atoms with Gasteiger partial charge in [0.15, 0.2) is 0 Å². The van der Waals surface area contributed by atoms with E-state index in [-0.39, 0.29) is 17.8 Å². The maximum atomic E-state index is 13.0. The smallest absolute Gasteiger partial charge is 0.217 e. The van der Waals surface area contributed by atoms with E-state index in [0.29, 0.717) is 13.1 Å². The predicted molar refractivity (Wildman–Crippen MR) is 86.1 cm³/mol. The first kappa shape index (κ1) is 16.4. The molecular weight excluding hydrogens is 309 g/mol. The first-order valence-corrected chi connectivity index (χ1v) is 8.02. The molecule has 1 N–H and O–H groups in total. The Hall–Kier alpha value is -2.41. The Morgan fingerprint density at radius 3 is 2.96 bits per heavy atom. The molecule has 1 aliphatic rings. The Morgan fingerprint density at radius 1 is 1.33 bits per heavy atom. The van der Waals surface area contributed by atoms with Crippen LogP contribution in [-0.4, -0.2) is 32.3 Å². The van der Waals surface area contributed by atoms with Crippen LogP contribution in [0.3, 0.4) is 0 Å². The Balaban J connectivity index is 1.71. The molecule has 3 rings (SSSR count). The minimum Gasteiger partial charge on any atom is -0.351 e. The van der Waals surface area contributed by atoms with Gasteiger partial charge in [-0.1, -0.05) is 0 Å². The fourth-order valence-corrected chi connectivity index (χ4v) is 2.90. The van der Waals surface area contributed by atoms with Crippen molar-refractivity contribution < 1.29 is 9.18 Å². The maximum absolute atomic E-state index is 13.0. The number of aromatic nitrogens is 3. The molecule has 0 saturated carbocycles. The standard InChI is InChI=1S/C17H20FN5O/c1-12(24)20-10-14-6-7-19-17(22-14)16-3-2-8-23(16)11-15-5-4-13(18)9-21-15/h4-7,9,16H,2-3,8,10-11H2,1H3,(H,20,24)/t16-/m1/s1. The van der Waals surface area contributed by atoms with Crippen LogP contribution < -0.4 is 5.32 Å². The zero-order valence-electron chi connectivity index (χ0n) is 13.6. The van der Waals surface area contributed by atoms with E-state index in [1.807, 2.05) is 0 Å². The monoisotopic (exact) mass is 329 g/mol. The maximum Gasteiger partial charge on any atom is 0.217 e. The molecule has 1 atom stereocenters. The van der Waals surface area contributed by atoms with E-state index < -0.39 is 0 Å². The van der Waals surface area contributed by atoms with Crippen molar-refractivity contribution in [3.05, 3.63) is 53.6 Å². The van der Waals surface area contributed by atoms with Gasteiger partial charge in [0, 0.05) is 19.7 Å². The minimum atomic E-state index is -0.328. The molecule has 1 aliphatic heterocycles. The third-order valence-corrected chi connectivity index (χ3v) is 4.07. The number of rotatable bonds is 5. The van der Waals surface area contributed by atoms with Gasteiger partial charge in [-0.25, -0.2) is 14.4 Å². The van der Waals surface area contributed by atoms with Gasteiger partial charge < -0.3 is 5.32 Å². The minimum absolute atomic E-state index is 0.0833. The van der Waals surface area contributed by atoms with Gasteiger partial charge in [0.05, 0.1) is 30.2 Å². The summed E-state index contributed by atoms with van der Waals surface area (Å²) in [4.78, 5) is 26.4. The van der Waals surface area contributed by atoms with Gasteiger partial charge in [-0.2, -0.15) is 0 Å². The van der Waals surface area contributed by atoms with Crippen LogP contribution in [0.2, 0.25) is 0 Å². The molecule has 1 amide bonds. The predicted octanol–water partition coefficient (Wildman–Crippen LogP) is 1.98. The van der Waals surface area contributed by atoms with Crippen LogP contribution in [0.5, 0.6) is 0 Å². The highest BCUT2D eigenvalue weighted by Gasteiger charge is 2.28. The molecule has 126 valence electrons. The van der Waals surface area contributed by atoms with Crippen molar-refractivity contribution in [1.82, 2.24) is 25.2 Å². The Bertz CT molecular complexity index is 706. The molecule has 3 heterocycles. The average molecular weight is 329 g/mol. The number of halogens is 1. The zero-order valence-corrected chi connectivity index (χ0v) is 13.6. The summed E-state index contributed by atoms with van der Waals surface area (Å²) >= 11 is 0. The molecule has 24 heavy (non-hydrogen) atoms. The summed E-state index contributed by atoms with van der Waals surface area (Å²) in [5.41, 5.74) is 1.62. The molecule has 0 radical (unpaired) electrons. The molecule has 0 bridgehead atoms. The summed E-state index contributed by atoms with van der Waals surface area (Å²) in [5.74, 6) is 0.350. The van der Waals surface area contributed by atoms with Crippen LogP contribution in [0.15, 0.2) is 30.6 Å². The van der Waals surface area contributed by atoms with Gasteiger partial charge in [-0.3, -0.25) is 14.7 Å². The number of likely N-dealkylation sites (tertiary alicyclic amines) is 1. The lowest BCUT2D eigenvalue weighted by Crippen LogP contribution is -2.25. The molecule has 1 fully saturated rings. The molecule has 0 unspecified atom stereocenters. The van der Waals surface area contributed by atoms with Crippen LogP contribution in [0.1, 0.15) is 43.0 Å². The van der Waals surface area contributed by atoms with Crippen LogP contribution in [0.25, 0.3) is 0 Å². The second kappa shape index (κ2) is 7.44. The summed E-state index contributed by atoms with van der Waals surface area (Å²) in [6.07, 6.45) is 5.01. The molecule has 2 aromatic rings. The van der Waals surface area contributed by atoms with Crippen molar-refractivity contribution in [2.45, 2.75) is 38.9 Å². The van der Waals surface area contributed by atoms with Crippen molar-refractivity contribution in [3.8, 4) is 0 Å². The molecule has 0 aromatic carbocycles. The highest BCUT2D eigenvalue weighted by atomic mass is 19.1. The van der Waals surface area contributed by atoms with Crippen molar-refractivity contribution >= 4 is 5.91 Å². The van der Waals surface area contributed by atoms with E-state index in [4.69, 9.17) is 0 Å². The Labute approximate surface area is 140 Å². The molecular formula is C17H20FN5O. The lowest BCUT2D eigenvalue weighted by molar-refractivity contribution is -0.119. The van der Waals surface area contributed by atoms with Crippen molar-refractivity contribution in [1.29, 1.82) is 0 Å². The molecule has 0 aliphatic carbocycles. The SMILES string of the molecule is CC(=O)NCc1ccnc([C@H]2CCCN2Cc2ccc(F)cn2)n1. The third-order valence-electron chi connectivity index (χ3n) is 4.07. The van der Waals surface area contributed by atoms with Crippen molar-refractivity contribution in [2.24, 2.45) is 0 Å². The zero-order chi connectivity index (χ0) is 16.9. The Morgan fingerprint density at radius 2 is 2.21 bits per heavy atom. The van der Waals surface area contributed by atoms with Crippen molar-refractivity contribution in [3.63, 3.8) is 0 Å². The van der Waals surface area contributed by atoms with Crippen molar-refractivity contribution in [2.75, 3.05) is 6.54 Å². The number of hydrogen-bond donors (Lipinski definition) is 1. The number of hydrogen-bond acceptors (Lipinski definition) is 5. The van der Waals surface area contributed by atoms with E-state index in [9.17, 15) is 9.18 Å². The lowest BCUT2D eigenvalue weighted by atomic mass is 10.2. The first-order valence-electron chi connectivity index (χ1n) is 8.02. The van der Waals surface area contributed by atoms with Crippen LogP contribution >= 0.6 is 0 Å². The van der Waals surface area contributed by atoms with Crippen LogP contribution in [0.4, 0.5) is 4.39 Å². The highest BCUT2D eigenvalue weighted by Crippen LogP contribution is 2.30. The molecule has 0 spiro atoms. The summed E-state index contributed by atoms with van der Waals surface area (Å²) in [5, 5.41) is 2.75. The van der Waals surface area contributed by atoms with Gasteiger partial charge >= 0.3 is 0 Å². The van der Waals surface area contributed by atoms with E-state index in [0.717, 1.165) is 36.6 Å². The summed E-state index contributed by atoms with van der Waals surface area (Å²) in [6, 6.07) is 5.06. The summed E-state index contributed by atoms with van der Waals surface area (Å²) < 4.78 is 13.0. The number of nitrogens with one attached hydrogen (secondary N) is 1. The number of carbonyl (C=O) groups excluding carboxylic acids is 1. The summed E-state index contributed by atoms with van der Waals surface area (Å²) in [6.45, 7) is 3.46. The fraction of sp³-hybridized carbons (Fsp3) is 0.412. The second-order valence-corrected chi connectivity index (χ2v) is 5.91. The third kappa shape index (κ3) is 4.11. The topological polar surface area (TPSA) is 71.0 Å². The van der Waals surface area contributed by atoms with Gasteiger partial charge in [0.25, 0.3) is 0 Å². The van der Waals surface area contributed by atoms with Gasteiger partial charge in [-0.15, -0.1) is 0 Å². The molecule has 2 aromatic heterocycles. The first-order chi connectivity index (χ1) is 11.6. The molecule has 6 nitrogen and oxygen atoms in total. The molecule has 1 saturated heterocycles. The second-order valence-electron chi connectivity index (χ2n) is 5.91. The van der Waals surface area contributed by atoms with E-state index >= 15 is 0 Å². The summed E-state index contributed by atoms with van der Waals surface area (Å²) in [7, 11) is 0. The fourth-order valence-electron chi connectivity index (χ4n) is 2.90. The van der Waals surface area contributed by atoms with E-state index in [2.05, 4.69) is 25.2 Å². The number of carbonyl (C=O) groups is 1. The van der Waals surface area contributed by atoms with Crippen LogP contribution in [-0.2, 0) is 17.9 Å². The van der Waals surface area contributed by atoms with Crippen LogP contribution in [0, 0.1) is 5.82 Å². The van der Waals surface area contributed by atoms with E-state index in [1.165, 1.54) is 19.2 Å². The molecule has 7 heteroatoms. The lowest BCUT2D eigenvalue weighted by Gasteiger charge is -2.23. The van der Waals surface area contributed by atoms with E-state index in [1.54, 1.807) is 18.3 Å².